The number of anilines is 1. The van der Waals surface area contributed by atoms with E-state index in [0.29, 0.717) is 23.2 Å². The van der Waals surface area contributed by atoms with Crippen molar-refractivity contribution in [1.82, 2.24) is 4.98 Å². The highest BCUT2D eigenvalue weighted by molar-refractivity contribution is 7.91. The Hall–Kier alpha value is -1.56. The largest absolute Gasteiger partial charge is 0.428 e. The molecule has 2 aromatic rings. The van der Waals surface area contributed by atoms with Gasteiger partial charge in [0.25, 0.3) is 0 Å². The molecule has 19 heavy (non-hydrogen) atoms. The van der Waals surface area contributed by atoms with Crippen LogP contribution >= 0.6 is 0 Å². The Labute approximate surface area is 112 Å². The van der Waals surface area contributed by atoms with Crippen molar-refractivity contribution in [3.05, 3.63) is 18.2 Å². The lowest BCUT2D eigenvalue weighted by Crippen LogP contribution is -2.07. The third-order valence-electron chi connectivity index (χ3n) is 2.92. The quantitative estimate of drug-likeness (QED) is 0.650. The van der Waals surface area contributed by atoms with Crippen molar-refractivity contribution >= 4 is 26.6 Å². The lowest BCUT2D eigenvalue weighted by molar-refractivity contribution is 0.457. The minimum atomic E-state index is -3.43. The van der Waals surface area contributed by atoms with Crippen LogP contribution in [0.25, 0.3) is 11.1 Å². The lowest BCUT2D eigenvalue weighted by Gasteiger charge is -1.99. The van der Waals surface area contributed by atoms with Gasteiger partial charge < -0.3 is 10.2 Å². The summed E-state index contributed by atoms with van der Waals surface area (Å²) in [5, 5.41) is -0.204. The van der Waals surface area contributed by atoms with E-state index in [-0.39, 0.29) is 11.0 Å². The molecule has 0 amide bonds. The van der Waals surface area contributed by atoms with E-state index in [2.05, 4.69) is 11.9 Å². The fraction of sp³-hybridized carbons (Fsp3) is 0.462. The van der Waals surface area contributed by atoms with Gasteiger partial charge in [0.15, 0.2) is 5.58 Å². The van der Waals surface area contributed by atoms with Crippen molar-refractivity contribution < 1.29 is 12.8 Å². The molecule has 0 spiro atoms. The van der Waals surface area contributed by atoms with Crippen LogP contribution in [0.15, 0.2) is 27.8 Å². The molecule has 0 saturated carbocycles. The summed E-state index contributed by atoms with van der Waals surface area (Å²) < 4.78 is 29.4. The number of nitrogen functional groups attached to an aromatic ring is 1. The number of nitrogens with two attached hydrogens (primary N) is 1. The molecule has 0 aliphatic rings. The maximum Gasteiger partial charge on any atom is 0.316 e. The Morgan fingerprint density at radius 3 is 2.79 bits per heavy atom. The number of rotatable bonds is 6. The molecule has 0 atom stereocenters. The van der Waals surface area contributed by atoms with Gasteiger partial charge in [-0.15, -0.1) is 0 Å². The molecule has 2 rings (SSSR count). The maximum absolute atomic E-state index is 12.1. The summed E-state index contributed by atoms with van der Waals surface area (Å²) in [6, 6.07) is 4.90. The summed E-state index contributed by atoms with van der Waals surface area (Å²) in [7, 11) is -3.43. The number of hydrogen-bond acceptors (Lipinski definition) is 5. The van der Waals surface area contributed by atoms with Crippen LogP contribution < -0.4 is 5.73 Å². The number of oxazole rings is 1. The fourth-order valence-electron chi connectivity index (χ4n) is 1.86. The first-order chi connectivity index (χ1) is 9.03. The average Bonchev–Trinajstić information content (AvgIpc) is 2.78. The molecule has 6 heteroatoms. The second kappa shape index (κ2) is 5.61. The van der Waals surface area contributed by atoms with Crippen LogP contribution in [0.5, 0.6) is 0 Å². The molecule has 5 nitrogen and oxygen atoms in total. The zero-order valence-corrected chi connectivity index (χ0v) is 11.7. The van der Waals surface area contributed by atoms with Crippen LogP contribution in [-0.4, -0.2) is 19.2 Å². The average molecular weight is 282 g/mol. The van der Waals surface area contributed by atoms with Gasteiger partial charge in [0.1, 0.15) is 5.52 Å². The van der Waals surface area contributed by atoms with Gasteiger partial charge in [0, 0.05) is 5.69 Å². The number of sulfone groups is 1. The van der Waals surface area contributed by atoms with Gasteiger partial charge in [0.2, 0.25) is 9.84 Å². The van der Waals surface area contributed by atoms with Gasteiger partial charge in [0.05, 0.1) is 5.75 Å². The van der Waals surface area contributed by atoms with E-state index in [4.69, 9.17) is 10.2 Å². The van der Waals surface area contributed by atoms with E-state index >= 15 is 0 Å². The Bertz CT molecular complexity index is 662. The molecular formula is C13H18N2O3S. The summed E-state index contributed by atoms with van der Waals surface area (Å²) in [4.78, 5) is 4.01. The topological polar surface area (TPSA) is 86.2 Å². The van der Waals surface area contributed by atoms with E-state index < -0.39 is 9.84 Å². The SMILES string of the molecule is CCCCCCS(=O)(=O)c1nc2cc(N)ccc2o1. The van der Waals surface area contributed by atoms with Crippen LogP contribution in [-0.2, 0) is 9.84 Å². The third kappa shape index (κ3) is 3.26. The van der Waals surface area contributed by atoms with Crippen molar-refractivity contribution in [3.63, 3.8) is 0 Å². The van der Waals surface area contributed by atoms with Gasteiger partial charge >= 0.3 is 5.22 Å². The second-order valence-electron chi connectivity index (χ2n) is 4.59. The molecular weight excluding hydrogens is 264 g/mol. The van der Waals surface area contributed by atoms with E-state index in [1.165, 1.54) is 0 Å². The first-order valence-corrected chi connectivity index (χ1v) is 8.07. The zero-order valence-electron chi connectivity index (χ0n) is 10.9. The molecule has 104 valence electrons. The normalized spacial score (nSPS) is 12.1. The highest BCUT2D eigenvalue weighted by Gasteiger charge is 2.21. The molecule has 0 unspecified atom stereocenters. The van der Waals surface area contributed by atoms with E-state index in [1.807, 2.05) is 0 Å². The molecule has 0 aliphatic carbocycles. The van der Waals surface area contributed by atoms with Crippen LogP contribution in [0.3, 0.4) is 0 Å². The first kappa shape index (κ1) is 13.9. The van der Waals surface area contributed by atoms with Crippen LogP contribution in [0, 0.1) is 0 Å². The Kier molecular flexibility index (Phi) is 4.09. The molecule has 0 fully saturated rings. The van der Waals surface area contributed by atoms with Crippen molar-refractivity contribution in [3.8, 4) is 0 Å². The predicted octanol–water partition coefficient (Wildman–Crippen LogP) is 2.76. The van der Waals surface area contributed by atoms with E-state index in [9.17, 15) is 8.42 Å². The molecule has 0 bridgehead atoms. The number of nitrogens with zero attached hydrogens (tertiary/aromatic N) is 1. The fourth-order valence-corrected chi connectivity index (χ4v) is 3.08. The van der Waals surface area contributed by atoms with Gasteiger partial charge in [-0.25, -0.2) is 8.42 Å². The van der Waals surface area contributed by atoms with Gasteiger partial charge in [-0.3, -0.25) is 0 Å². The lowest BCUT2D eigenvalue weighted by atomic mass is 10.2. The summed E-state index contributed by atoms with van der Waals surface area (Å²) in [6.07, 6.45) is 3.65. The number of unbranched alkanes of at least 4 members (excludes halogenated alkanes) is 3. The maximum atomic E-state index is 12.1. The molecule has 1 aromatic heterocycles. The van der Waals surface area contributed by atoms with Crippen LogP contribution in [0.4, 0.5) is 5.69 Å². The van der Waals surface area contributed by atoms with Gasteiger partial charge in [-0.1, -0.05) is 26.2 Å². The zero-order chi connectivity index (χ0) is 13.9. The predicted molar refractivity (Wildman–Crippen MR) is 74.6 cm³/mol. The molecule has 0 saturated heterocycles. The smallest absolute Gasteiger partial charge is 0.316 e. The Morgan fingerprint density at radius 2 is 2.05 bits per heavy atom. The third-order valence-corrected chi connectivity index (χ3v) is 4.46. The van der Waals surface area contributed by atoms with Crippen LogP contribution in [0.2, 0.25) is 0 Å². The Balaban J connectivity index is 2.18. The molecule has 1 aromatic carbocycles. The molecule has 2 N–H and O–H groups in total. The summed E-state index contributed by atoms with van der Waals surface area (Å²) in [5.41, 5.74) is 7.08. The highest BCUT2D eigenvalue weighted by Crippen LogP contribution is 2.22. The number of aromatic nitrogens is 1. The monoisotopic (exact) mass is 282 g/mol. The standard InChI is InChI=1S/C13H18N2O3S/c1-2-3-4-5-8-19(16,17)13-15-11-9-10(14)6-7-12(11)18-13/h6-7,9H,2-5,8,14H2,1H3. The minimum Gasteiger partial charge on any atom is -0.428 e. The summed E-state index contributed by atoms with van der Waals surface area (Å²) in [6.45, 7) is 2.08. The van der Waals surface area contributed by atoms with Crippen molar-refractivity contribution in [1.29, 1.82) is 0 Å². The van der Waals surface area contributed by atoms with Gasteiger partial charge in [-0.05, 0) is 24.6 Å². The Morgan fingerprint density at radius 1 is 1.26 bits per heavy atom. The van der Waals surface area contributed by atoms with E-state index in [0.717, 1.165) is 19.3 Å². The summed E-state index contributed by atoms with van der Waals surface area (Å²) in [5.74, 6) is 0.0787. The molecule has 1 heterocycles. The number of benzene rings is 1. The molecule has 0 radical (unpaired) electrons. The first-order valence-electron chi connectivity index (χ1n) is 6.42. The number of fused-ring (bicyclic) bond motifs is 1. The van der Waals surface area contributed by atoms with Crippen molar-refractivity contribution in [2.24, 2.45) is 0 Å². The van der Waals surface area contributed by atoms with Crippen LogP contribution in [0.1, 0.15) is 32.6 Å². The van der Waals surface area contributed by atoms with Crippen molar-refractivity contribution in [2.45, 2.75) is 37.8 Å². The minimum absolute atomic E-state index is 0.0787. The van der Waals surface area contributed by atoms with E-state index in [1.54, 1.807) is 18.2 Å². The molecule has 0 aliphatic heterocycles. The summed E-state index contributed by atoms with van der Waals surface area (Å²) >= 11 is 0. The highest BCUT2D eigenvalue weighted by atomic mass is 32.2. The second-order valence-corrected chi connectivity index (χ2v) is 6.57. The van der Waals surface area contributed by atoms with Crippen molar-refractivity contribution in [2.75, 3.05) is 11.5 Å². The number of hydrogen-bond donors (Lipinski definition) is 1. The van der Waals surface area contributed by atoms with Gasteiger partial charge in [-0.2, -0.15) is 4.98 Å².